The maximum Gasteiger partial charge on any atom is 0.0397 e. The van der Waals surface area contributed by atoms with Crippen LogP contribution in [0.2, 0.25) is 0 Å². The highest BCUT2D eigenvalue weighted by Gasteiger charge is 2.25. The summed E-state index contributed by atoms with van der Waals surface area (Å²) in [6.07, 6.45) is 2.48. The van der Waals surface area contributed by atoms with Crippen LogP contribution in [0, 0.1) is 11.8 Å². The maximum absolute atomic E-state index is 5.91. The third-order valence-corrected chi connectivity index (χ3v) is 5.18. The fraction of sp³-hybridized carbons (Fsp3) is 0.647. The highest BCUT2D eigenvalue weighted by Crippen LogP contribution is 2.29. The van der Waals surface area contributed by atoms with E-state index < -0.39 is 0 Å². The van der Waals surface area contributed by atoms with Crippen molar-refractivity contribution in [2.75, 3.05) is 38.1 Å². The van der Waals surface area contributed by atoms with Gasteiger partial charge in [0.2, 0.25) is 0 Å². The van der Waals surface area contributed by atoms with Gasteiger partial charge in [-0.3, -0.25) is 4.90 Å². The fourth-order valence-corrected chi connectivity index (χ4v) is 3.65. The molecule has 2 heterocycles. The van der Waals surface area contributed by atoms with E-state index in [2.05, 4.69) is 42.0 Å². The number of hydrogen-bond acceptors (Lipinski definition) is 3. The first kappa shape index (κ1) is 13.9. The summed E-state index contributed by atoms with van der Waals surface area (Å²) in [6, 6.07) is 7.01. The van der Waals surface area contributed by atoms with Gasteiger partial charge < -0.3 is 10.6 Å². The molecule has 3 nitrogen and oxygen atoms in total. The number of rotatable bonds is 3. The van der Waals surface area contributed by atoms with E-state index in [-0.39, 0.29) is 0 Å². The molecule has 3 heteroatoms. The van der Waals surface area contributed by atoms with Crippen LogP contribution in [0.4, 0.5) is 5.69 Å². The average molecular weight is 273 g/mol. The van der Waals surface area contributed by atoms with Crippen LogP contribution < -0.4 is 10.6 Å². The molecule has 2 aliphatic rings. The molecule has 1 aromatic carbocycles. The summed E-state index contributed by atoms with van der Waals surface area (Å²) < 4.78 is 0. The van der Waals surface area contributed by atoms with Gasteiger partial charge in [0.25, 0.3) is 0 Å². The number of anilines is 1. The Balaban J connectivity index is 1.66. The zero-order chi connectivity index (χ0) is 14.1. The molecular formula is C17H27N3. The molecular weight excluding hydrogens is 246 g/mol. The highest BCUT2D eigenvalue weighted by atomic mass is 15.1. The minimum absolute atomic E-state index is 0.671. The van der Waals surface area contributed by atoms with Crippen molar-refractivity contribution in [3.8, 4) is 0 Å². The summed E-state index contributed by atoms with van der Waals surface area (Å²) in [4.78, 5) is 4.93. The Morgan fingerprint density at radius 2 is 2.15 bits per heavy atom. The Kier molecular flexibility index (Phi) is 3.99. The summed E-state index contributed by atoms with van der Waals surface area (Å²) >= 11 is 0. The maximum atomic E-state index is 5.91. The summed E-state index contributed by atoms with van der Waals surface area (Å²) in [5.41, 5.74) is 10.3. The molecule has 0 spiro atoms. The van der Waals surface area contributed by atoms with E-state index in [0.717, 1.165) is 32.1 Å². The van der Waals surface area contributed by atoms with Gasteiger partial charge in [-0.05, 0) is 55.0 Å². The second-order valence-electron chi connectivity index (χ2n) is 6.63. The molecule has 0 radical (unpaired) electrons. The lowest BCUT2D eigenvalue weighted by atomic mass is 9.87. The van der Waals surface area contributed by atoms with Crippen LogP contribution in [-0.4, -0.2) is 38.1 Å². The van der Waals surface area contributed by atoms with E-state index in [1.807, 2.05) is 0 Å². The van der Waals surface area contributed by atoms with E-state index >= 15 is 0 Å². The molecule has 3 rings (SSSR count). The minimum Gasteiger partial charge on any atom is -0.374 e. The topological polar surface area (TPSA) is 32.5 Å². The van der Waals surface area contributed by atoms with Crippen molar-refractivity contribution in [1.82, 2.24) is 4.90 Å². The quantitative estimate of drug-likeness (QED) is 0.915. The lowest BCUT2D eigenvalue weighted by Crippen LogP contribution is -2.42. The lowest BCUT2D eigenvalue weighted by Gasteiger charge is -2.36. The Morgan fingerprint density at radius 1 is 1.30 bits per heavy atom. The Labute approximate surface area is 122 Å². The molecule has 2 atom stereocenters. The third-order valence-electron chi connectivity index (χ3n) is 5.18. The molecule has 1 fully saturated rings. The molecule has 0 aromatic heterocycles. The van der Waals surface area contributed by atoms with E-state index in [4.69, 9.17) is 5.73 Å². The van der Waals surface area contributed by atoms with Gasteiger partial charge in [0, 0.05) is 32.4 Å². The van der Waals surface area contributed by atoms with E-state index in [0.29, 0.717) is 5.92 Å². The van der Waals surface area contributed by atoms with Gasteiger partial charge in [0.05, 0.1) is 0 Å². The van der Waals surface area contributed by atoms with Crippen molar-refractivity contribution in [2.45, 2.75) is 26.3 Å². The number of hydrogen-bond donors (Lipinski definition) is 1. The Bertz CT molecular complexity index is 471. The molecule has 1 saturated heterocycles. The molecule has 110 valence electrons. The number of likely N-dealkylation sites (tertiary alicyclic amines) is 1. The predicted molar refractivity (Wildman–Crippen MR) is 85.0 cm³/mol. The monoisotopic (exact) mass is 273 g/mol. The van der Waals surface area contributed by atoms with Crippen LogP contribution in [0.25, 0.3) is 0 Å². The molecule has 2 aliphatic heterocycles. The van der Waals surface area contributed by atoms with Crippen molar-refractivity contribution < 1.29 is 0 Å². The Hall–Kier alpha value is -1.06. The van der Waals surface area contributed by atoms with E-state index in [1.54, 1.807) is 0 Å². The third kappa shape index (κ3) is 2.70. The summed E-state index contributed by atoms with van der Waals surface area (Å²) in [5.74, 6) is 1.45. The van der Waals surface area contributed by atoms with Crippen LogP contribution >= 0.6 is 0 Å². The minimum atomic E-state index is 0.671. The van der Waals surface area contributed by atoms with Gasteiger partial charge in [-0.25, -0.2) is 0 Å². The predicted octanol–water partition coefficient (Wildman–Crippen LogP) is 2.10. The average Bonchev–Trinajstić information content (AvgIpc) is 2.82. The Morgan fingerprint density at radius 3 is 2.95 bits per heavy atom. The van der Waals surface area contributed by atoms with Gasteiger partial charge in [-0.1, -0.05) is 19.1 Å². The number of piperidine rings is 1. The SMILES string of the molecule is CC1CCN(Cc2ccc3c(c2)CCN3C)CC1CN. The molecule has 0 aliphatic carbocycles. The highest BCUT2D eigenvalue weighted by molar-refractivity contribution is 5.58. The number of nitrogens with two attached hydrogens (primary N) is 1. The van der Waals surface area contributed by atoms with Crippen LogP contribution in [0.1, 0.15) is 24.5 Å². The summed E-state index contributed by atoms with van der Waals surface area (Å²) in [7, 11) is 2.18. The standard InChI is InChI=1S/C17H27N3/c1-13-5-8-20(12-16(13)10-18)11-14-3-4-17-15(9-14)6-7-19(17)2/h3-4,9,13,16H,5-8,10-12,18H2,1-2H3. The van der Waals surface area contributed by atoms with Crippen LogP contribution in [0.5, 0.6) is 0 Å². The molecule has 2 N–H and O–H groups in total. The van der Waals surface area contributed by atoms with E-state index in [1.165, 1.54) is 36.2 Å². The normalized spacial score (nSPS) is 26.9. The van der Waals surface area contributed by atoms with Crippen LogP contribution in [0.15, 0.2) is 18.2 Å². The second-order valence-corrected chi connectivity index (χ2v) is 6.63. The van der Waals surface area contributed by atoms with Crippen molar-refractivity contribution >= 4 is 5.69 Å². The zero-order valence-electron chi connectivity index (χ0n) is 12.8. The van der Waals surface area contributed by atoms with Gasteiger partial charge in [0.15, 0.2) is 0 Å². The first-order chi connectivity index (χ1) is 9.67. The van der Waals surface area contributed by atoms with Crippen molar-refractivity contribution in [1.29, 1.82) is 0 Å². The summed E-state index contributed by atoms with van der Waals surface area (Å²) in [5, 5.41) is 0. The first-order valence-corrected chi connectivity index (χ1v) is 7.92. The molecule has 1 aromatic rings. The molecule has 0 saturated carbocycles. The molecule has 20 heavy (non-hydrogen) atoms. The number of benzene rings is 1. The fourth-order valence-electron chi connectivity index (χ4n) is 3.65. The zero-order valence-corrected chi connectivity index (χ0v) is 12.8. The van der Waals surface area contributed by atoms with Crippen LogP contribution in [0.3, 0.4) is 0 Å². The number of fused-ring (bicyclic) bond motifs is 1. The van der Waals surface area contributed by atoms with Gasteiger partial charge in [0.1, 0.15) is 0 Å². The van der Waals surface area contributed by atoms with Gasteiger partial charge in [-0.2, -0.15) is 0 Å². The van der Waals surface area contributed by atoms with Crippen molar-refractivity contribution in [2.24, 2.45) is 17.6 Å². The second kappa shape index (κ2) is 5.74. The van der Waals surface area contributed by atoms with Crippen molar-refractivity contribution in [3.63, 3.8) is 0 Å². The molecule has 2 unspecified atom stereocenters. The van der Waals surface area contributed by atoms with Gasteiger partial charge >= 0.3 is 0 Å². The van der Waals surface area contributed by atoms with Crippen molar-refractivity contribution in [3.05, 3.63) is 29.3 Å². The van der Waals surface area contributed by atoms with Crippen LogP contribution in [-0.2, 0) is 13.0 Å². The number of likely N-dealkylation sites (N-methyl/N-ethyl adjacent to an activating group) is 1. The first-order valence-electron chi connectivity index (χ1n) is 7.92. The summed E-state index contributed by atoms with van der Waals surface area (Å²) in [6.45, 7) is 7.80. The van der Waals surface area contributed by atoms with E-state index in [9.17, 15) is 0 Å². The van der Waals surface area contributed by atoms with Gasteiger partial charge in [-0.15, -0.1) is 0 Å². The smallest absolute Gasteiger partial charge is 0.0397 e. The largest absolute Gasteiger partial charge is 0.374 e. The molecule has 0 bridgehead atoms. The lowest BCUT2D eigenvalue weighted by molar-refractivity contribution is 0.126. The molecule has 0 amide bonds. The number of nitrogens with zero attached hydrogens (tertiary/aromatic N) is 2.